The maximum atomic E-state index is 14.5. The normalized spacial score (nSPS) is 18.8. The Hall–Kier alpha value is -3.74. The highest BCUT2D eigenvalue weighted by Gasteiger charge is 2.50. The summed E-state index contributed by atoms with van der Waals surface area (Å²) in [6, 6.07) is 2.33. The first-order valence-corrected chi connectivity index (χ1v) is 12.0. The summed E-state index contributed by atoms with van der Waals surface area (Å²) in [6.45, 7) is -0.341. The second kappa shape index (κ2) is 9.86. The highest BCUT2D eigenvalue weighted by atomic mass is 19.3. The maximum absolute atomic E-state index is 14.5. The molecule has 9 nitrogen and oxygen atoms in total. The van der Waals surface area contributed by atoms with Gasteiger partial charge >= 0.3 is 0 Å². The topological polar surface area (TPSA) is 120 Å². The van der Waals surface area contributed by atoms with Gasteiger partial charge in [-0.15, -0.1) is 0 Å². The molecule has 0 bridgehead atoms. The molecule has 2 amide bonds. The number of aliphatic hydroxyl groups excluding tert-OH is 1. The third-order valence-corrected chi connectivity index (χ3v) is 6.79. The first-order chi connectivity index (χ1) is 18.1. The molecule has 1 saturated heterocycles. The van der Waals surface area contributed by atoms with Crippen LogP contribution in [0, 0.1) is 12.8 Å². The summed E-state index contributed by atoms with van der Waals surface area (Å²) in [7, 11) is 0. The number of amides is 2. The second-order valence-corrected chi connectivity index (χ2v) is 9.60. The standard InChI is InChI=1S/C25H25F4N5O4/c1-12-19(24(37)33-17-7-34(18(36)8-35)10-25(17,28)29)21-22(32-12)20(30-11-31-21)15-6-14(23(26)27)4-5-16(15)38-9-13-2-3-13/h4-6,11,13,17,23,32,35H,2-3,7-10H2,1H3,(H,33,37)/t17-/m1/s1. The van der Waals surface area contributed by atoms with Crippen molar-refractivity contribution in [3.63, 3.8) is 0 Å². The van der Waals surface area contributed by atoms with Gasteiger partial charge in [-0.1, -0.05) is 0 Å². The van der Waals surface area contributed by atoms with E-state index in [2.05, 4.69) is 20.3 Å². The number of nitrogens with one attached hydrogen (secondary N) is 2. The number of halogens is 4. The SMILES string of the molecule is Cc1[nH]c2c(-c3cc(C(F)F)ccc3OCC3CC3)ncnc2c1C(=O)N[C@@H]1CN(C(=O)CO)CC1(F)F. The number of aryl methyl sites for hydroxylation is 1. The van der Waals surface area contributed by atoms with Crippen molar-refractivity contribution in [2.24, 2.45) is 5.92 Å². The second-order valence-electron chi connectivity index (χ2n) is 9.60. The van der Waals surface area contributed by atoms with Crippen LogP contribution >= 0.6 is 0 Å². The van der Waals surface area contributed by atoms with Gasteiger partial charge in [-0.2, -0.15) is 0 Å². The molecule has 38 heavy (non-hydrogen) atoms. The average Bonchev–Trinajstić information content (AvgIpc) is 3.58. The van der Waals surface area contributed by atoms with Gasteiger partial charge in [-0.25, -0.2) is 27.5 Å². The number of carbonyl (C=O) groups is 2. The smallest absolute Gasteiger partial charge is 0.286 e. The van der Waals surface area contributed by atoms with E-state index < -0.39 is 49.9 Å². The molecule has 2 fully saturated rings. The van der Waals surface area contributed by atoms with Gasteiger partial charge in [0, 0.05) is 23.4 Å². The maximum Gasteiger partial charge on any atom is 0.286 e. The number of aliphatic hydroxyl groups is 1. The number of hydrogen-bond donors (Lipinski definition) is 3. The number of alkyl halides is 4. The molecule has 202 valence electrons. The summed E-state index contributed by atoms with van der Waals surface area (Å²) in [4.78, 5) is 37.1. The molecule has 0 radical (unpaired) electrons. The Kier molecular flexibility index (Phi) is 6.72. The van der Waals surface area contributed by atoms with E-state index in [1.54, 1.807) is 6.92 Å². The van der Waals surface area contributed by atoms with E-state index in [0.717, 1.165) is 24.1 Å². The van der Waals surface area contributed by atoms with Gasteiger partial charge in [0.15, 0.2) is 0 Å². The molecular weight excluding hydrogens is 510 g/mol. The summed E-state index contributed by atoms with van der Waals surface area (Å²) >= 11 is 0. The highest BCUT2D eigenvalue weighted by Crippen LogP contribution is 2.38. The van der Waals surface area contributed by atoms with Gasteiger partial charge in [-0.3, -0.25) is 9.59 Å². The predicted octanol–water partition coefficient (Wildman–Crippen LogP) is 3.23. The number of hydrogen-bond acceptors (Lipinski definition) is 6. The summed E-state index contributed by atoms with van der Waals surface area (Å²) < 4.78 is 62.0. The largest absolute Gasteiger partial charge is 0.493 e. The van der Waals surface area contributed by atoms with Crippen molar-refractivity contribution in [2.75, 3.05) is 26.3 Å². The van der Waals surface area contributed by atoms with Crippen molar-refractivity contribution in [3.05, 3.63) is 41.3 Å². The summed E-state index contributed by atoms with van der Waals surface area (Å²) in [5, 5.41) is 11.3. The van der Waals surface area contributed by atoms with Crippen molar-refractivity contribution in [1.82, 2.24) is 25.2 Å². The number of ether oxygens (including phenoxy) is 1. The molecule has 1 aromatic carbocycles. The van der Waals surface area contributed by atoms with Gasteiger partial charge in [0.25, 0.3) is 18.3 Å². The summed E-state index contributed by atoms with van der Waals surface area (Å²) in [5.74, 6) is -4.38. The lowest BCUT2D eigenvalue weighted by molar-refractivity contribution is -0.134. The molecule has 3 N–H and O–H groups in total. The van der Waals surface area contributed by atoms with E-state index in [-0.39, 0.29) is 33.4 Å². The summed E-state index contributed by atoms with van der Waals surface area (Å²) in [5.41, 5.74) is 0.919. The Morgan fingerprint density at radius 1 is 1.29 bits per heavy atom. The minimum Gasteiger partial charge on any atom is -0.493 e. The molecular formula is C25H25F4N5O4. The molecule has 2 aliphatic rings. The number of likely N-dealkylation sites (tertiary alicyclic amines) is 1. The van der Waals surface area contributed by atoms with E-state index in [1.807, 2.05) is 0 Å². The first-order valence-electron chi connectivity index (χ1n) is 12.0. The third kappa shape index (κ3) is 4.89. The molecule has 1 saturated carbocycles. The fourth-order valence-corrected chi connectivity index (χ4v) is 4.54. The Labute approximate surface area is 214 Å². The zero-order valence-electron chi connectivity index (χ0n) is 20.3. The molecule has 3 heterocycles. The quantitative estimate of drug-likeness (QED) is 0.381. The van der Waals surface area contributed by atoms with E-state index in [1.165, 1.54) is 18.2 Å². The van der Waals surface area contributed by atoms with Crippen molar-refractivity contribution in [3.8, 4) is 17.0 Å². The molecule has 1 aliphatic carbocycles. The van der Waals surface area contributed by atoms with Crippen molar-refractivity contribution < 1.29 is 37.0 Å². The average molecular weight is 535 g/mol. The van der Waals surface area contributed by atoms with Crippen LogP contribution < -0.4 is 10.1 Å². The number of aromatic nitrogens is 3. The van der Waals surface area contributed by atoms with Crippen LogP contribution in [-0.2, 0) is 4.79 Å². The van der Waals surface area contributed by atoms with Crippen LogP contribution in [0.3, 0.4) is 0 Å². The Bertz CT molecular complexity index is 1390. The number of nitrogens with zero attached hydrogens (tertiary/aromatic N) is 3. The van der Waals surface area contributed by atoms with Crippen LogP contribution in [0.2, 0.25) is 0 Å². The zero-order valence-corrected chi connectivity index (χ0v) is 20.3. The molecule has 13 heteroatoms. The fraction of sp³-hybridized carbons (Fsp3) is 0.440. The lowest BCUT2D eigenvalue weighted by Gasteiger charge is -2.18. The number of benzene rings is 1. The van der Waals surface area contributed by atoms with Gasteiger partial charge in [0.1, 0.15) is 35.9 Å². The van der Waals surface area contributed by atoms with Crippen LogP contribution in [0.15, 0.2) is 24.5 Å². The number of carbonyl (C=O) groups excluding carboxylic acids is 2. The fourth-order valence-electron chi connectivity index (χ4n) is 4.54. The number of H-pyrrole nitrogens is 1. The zero-order chi connectivity index (χ0) is 27.2. The van der Waals surface area contributed by atoms with Crippen LogP contribution in [0.5, 0.6) is 5.75 Å². The van der Waals surface area contributed by atoms with Crippen molar-refractivity contribution >= 4 is 22.8 Å². The van der Waals surface area contributed by atoms with Gasteiger partial charge in [0.2, 0.25) is 5.91 Å². The summed E-state index contributed by atoms with van der Waals surface area (Å²) in [6.07, 6.45) is 0.485. The molecule has 1 atom stereocenters. The van der Waals surface area contributed by atoms with Crippen LogP contribution in [0.4, 0.5) is 17.6 Å². The van der Waals surface area contributed by atoms with E-state index in [0.29, 0.717) is 24.0 Å². The third-order valence-electron chi connectivity index (χ3n) is 6.79. The number of rotatable bonds is 8. The number of aromatic amines is 1. The van der Waals surface area contributed by atoms with Gasteiger partial charge in [0.05, 0.1) is 24.2 Å². The predicted molar refractivity (Wildman–Crippen MR) is 127 cm³/mol. The molecule has 0 spiro atoms. The Balaban J connectivity index is 1.50. The monoisotopic (exact) mass is 535 g/mol. The molecule has 0 unspecified atom stereocenters. The minimum absolute atomic E-state index is 0.0168. The van der Waals surface area contributed by atoms with Crippen LogP contribution in [-0.4, -0.2) is 75.0 Å². The van der Waals surface area contributed by atoms with Crippen molar-refractivity contribution in [1.29, 1.82) is 0 Å². The molecule has 1 aliphatic heterocycles. The molecule has 3 aromatic rings. The van der Waals surface area contributed by atoms with E-state index >= 15 is 0 Å². The molecule has 2 aromatic heterocycles. The lowest BCUT2D eigenvalue weighted by atomic mass is 10.0. The van der Waals surface area contributed by atoms with Crippen LogP contribution in [0.25, 0.3) is 22.3 Å². The molecule has 5 rings (SSSR count). The van der Waals surface area contributed by atoms with E-state index in [4.69, 9.17) is 9.84 Å². The Morgan fingerprint density at radius 2 is 2.05 bits per heavy atom. The first kappa shape index (κ1) is 25.9. The minimum atomic E-state index is -3.41. The van der Waals surface area contributed by atoms with Gasteiger partial charge < -0.3 is 25.0 Å². The van der Waals surface area contributed by atoms with Gasteiger partial charge in [-0.05, 0) is 43.9 Å². The lowest BCUT2D eigenvalue weighted by Crippen LogP contribution is -2.46. The van der Waals surface area contributed by atoms with Crippen molar-refractivity contribution in [2.45, 2.75) is 38.2 Å². The Morgan fingerprint density at radius 3 is 2.74 bits per heavy atom. The van der Waals surface area contributed by atoms with Crippen LogP contribution in [0.1, 0.15) is 40.9 Å². The number of fused-ring (bicyclic) bond motifs is 1. The van der Waals surface area contributed by atoms with E-state index in [9.17, 15) is 27.2 Å². The highest BCUT2D eigenvalue weighted by molar-refractivity contribution is 6.09.